The molecule has 1 saturated carbocycles. The first-order valence-corrected chi connectivity index (χ1v) is 7.56. The van der Waals surface area contributed by atoms with Crippen molar-refractivity contribution in [3.63, 3.8) is 0 Å². The summed E-state index contributed by atoms with van der Waals surface area (Å²) in [6, 6.07) is 12.4. The van der Waals surface area contributed by atoms with Gasteiger partial charge in [-0.05, 0) is 41.5 Å². The Morgan fingerprint density at radius 1 is 1.14 bits per heavy atom. The monoisotopic (exact) mass is 280 g/mol. The molecule has 0 spiro atoms. The van der Waals surface area contributed by atoms with Gasteiger partial charge in [0.1, 0.15) is 0 Å². The molecule has 1 amide bonds. The number of carbonyl (C=O) groups excluding carboxylic acids is 1. The van der Waals surface area contributed by atoms with Crippen molar-refractivity contribution >= 4 is 5.91 Å². The summed E-state index contributed by atoms with van der Waals surface area (Å²) in [7, 11) is 0. The largest absolute Gasteiger partial charge is 0.352 e. The molecule has 108 valence electrons. The fourth-order valence-electron chi connectivity index (χ4n) is 2.60. The van der Waals surface area contributed by atoms with Gasteiger partial charge < -0.3 is 5.32 Å². The van der Waals surface area contributed by atoms with Gasteiger partial charge in [-0.3, -0.25) is 9.78 Å². The lowest BCUT2D eigenvalue weighted by molar-refractivity contribution is -0.120. The van der Waals surface area contributed by atoms with Gasteiger partial charge in [-0.1, -0.05) is 36.8 Å². The van der Waals surface area contributed by atoms with Crippen molar-refractivity contribution in [2.75, 3.05) is 0 Å². The topological polar surface area (TPSA) is 42.0 Å². The quantitative estimate of drug-likeness (QED) is 0.913. The average Bonchev–Trinajstić information content (AvgIpc) is 2.46. The first kappa shape index (κ1) is 13.8. The summed E-state index contributed by atoms with van der Waals surface area (Å²) in [5, 5.41) is 2.96. The zero-order valence-corrected chi connectivity index (χ0v) is 12.1. The Hall–Kier alpha value is -2.16. The molecule has 1 N–H and O–H groups in total. The number of nitrogens with one attached hydrogen (secondary N) is 1. The van der Waals surface area contributed by atoms with E-state index in [1.54, 1.807) is 12.4 Å². The highest BCUT2D eigenvalue weighted by Gasteiger charge is 2.18. The standard InChI is InChI=1S/C18H20N2O/c21-18(11-15-3-2-10-19-12-15)20-13-14-6-8-17(9-7-14)16-4-1-5-16/h2-3,6-10,12,16H,1,4-5,11,13H2,(H,20,21). The van der Waals surface area contributed by atoms with Crippen molar-refractivity contribution in [1.29, 1.82) is 0 Å². The molecule has 1 heterocycles. The minimum absolute atomic E-state index is 0.0334. The fraction of sp³-hybridized carbons (Fsp3) is 0.333. The Kier molecular flexibility index (Phi) is 4.29. The molecule has 3 nitrogen and oxygen atoms in total. The minimum Gasteiger partial charge on any atom is -0.352 e. The van der Waals surface area contributed by atoms with Crippen molar-refractivity contribution in [1.82, 2.24) is 10.3 Å². The van der Waals surface area contributed by atoms with Gasteiger partial charge in [-0.25, -0.2) is 0 Å². The second-order valence-corrected chi connectivity index (χ2v) is 5.68. The lowest BCUT2D eigenvalue weighted by atomic mass is 9.80. The number of rotatable bonds is 5. The zero-order valence-electron chi connectivity index (χ0n) is 12.1. The number of benzene rings is 1. The SMILES string of the molecule is O=C(Cc1cccnc1)NCc1ccc(C2CCC2)cc1. The predicted molar refractivity (Wildman–Crippen MR) is 82.8 cm³/mol. The van der Waals surface area contributed by atoms with Crippen molar-refractivity contribution < 1.29 is 4.79 Å². The molecule has 0 bridgehead atoms. The Labute approximate surface area is 125 Å². The van der Waals surface area contributed by atoms with Crippen LogP contribution in [0.3, 0.4) is 0 Å². The Morgan fingerprint density at radius 3 is 2.57 bits per heavy atom. The number of pyridine rings is 1. The maximum absolute atomic E-state index is 11.9. The van der Waals surface area contributed by atoms with E-state index in [-0.39, 0.29) is 5.91 Å². The zero-order chi connectivity index (χ0) is 14.5. The normalized spacial score (nSPS) is 14.5. The van der Waals surface area contributed by atoms with Crippen LogP contribution in [0.25, 0.3) is 0 Å². The molecule has 2 aromatic rings. The molecule has 0 unspecified atom stereocenters. The third-order valence-electron chi connectivity index (χ3n) is 4.13. The van der Waals surface area contributed by atoms with E-state index in [2.05, 4.69) is 34.6 Å². The van der Waals surface area contributed by atoms with E-state index >= 15 is 0 Å². The summed E-state index contributed by atoms with van der Waals surface area (Å²) in [6.07, 6.45) is 7.82. The van der Waals surface area contributed by atoms with E-state index in [9.17, 15) is 4.79 Å². The smallest absolute Gasteiger partial charge is 0.224 e. The molecule has 0 radical (unpaired) electrons. The number of hydrogen-bond donors (Lipinski definition) is 1. The van der Waals surface area contributed by atoms with Gasteiger partial charge in [-0.15, -0.1) is 0 Å². The summed E-state index contributed by atoms with van der Waals surface area (Å²) >= 11 is 0. The van der Waals surface area contributed by atoms with Crippen LogP contribution < -0.4 is 5.32 Å². The molecule has 3 rings (SSSR count). The van der Waals surface area contributed by atoms with E-state index in [4.69, 9.17) is 0 Å². The van der Waals surface area contributed by atoms with Gasteiger partial charge in [0.05, 0.1) is 6.42 Å². The van der Waals surface area contributed by atoms with Gasteiger partial charge >= 0.3 is 0 Å². The van der Waals surface area contributed by atoms with Crippen LogP contribution in [0.1, 0.15) is 41.9 Å². The average molecular weight is 280 g/mol. The van der Waals surface area contributed by atoms with Crippen LogP contribution in [0.2, 0.25) is 0 Å². The summed E-state index contributed by atoms with van der Waals surface area (Å²) in [5.74, 6) is 0.797. The van der Waals surface area contributed by atoms with Gasteiger partial charge in [0.2, 0.25) is 5.91 Å². The van der Waals surface area contributed by atoms with E-state index in [0.29, 0.717) is 13.0 Å². The molecule has 0 aliphatic heterocycles. The molecule has 1 aliphatic rings. The summed E-state index contributed by atoms with van der Waals surface area (Å²) in [5.41, 5.74) is 3.53. The second kappa shape index (κ2) is 6.53. The van der Waals surface area contributed by atoms with Gasteiger partial charge in [0.15, 0.2) is 0 Å². The molecule has 3 heteroatoms. The number of amides is 1. The fourth-order valence-corrected chi connectivity index (χ4v) is 2.60. The molecule has 21 heavy (non-hydrogen) atoms. The van der Waals surface area contributed by atoms with E-state index in [1.807, 2.05) is 12.1 Å². The first-order chi connectivity index (χ1) is 10.3. The highest BCUT2D eigenvalue weighted by Crippen LogP contribution is 2.36. The minimum atomic E-state index is 0.0334. The van der Waals surface area contributed by atoms with Crippen LogP contribution in [-0.2, 0) is 17.8 Å². The van der Waals surface area contributed by atoms with Crippen molar-refractivity contribution in [3.8, 4) is 0 Å². The molecule has 0 saturated heterocycles. The van der Waals surface area contributed by atoms with Crippen LogP contribution in [0.4, 0.5) is 0 Å². The van der Waals surface area contributed by atoms with E-state index < -0.39 is 0 Å². The van der Waals surface area contributed by atoms with Gasteiger partial charge in [0, 0.05) is 18.9 Å². The van der Waals surface area contributed by atoms with E-state index in [0.717, 1.165) is 17.0 Å². The maximum Gasteiger partial charge on any atom is 0.224 e. The highest BCUT2D eigenvalue weighted by atomic mass is 16.1. The van der Waals surface area contributed by atoms with Crippen LogP contribution in [-0.4, -0.2) is 10.9 Å². The van der Waals surface area contributed by atoms with Crippen LogP contribution in [0.15, 0.2) is 48.8 Å². The van der Waals surface area contributed by atoms with Crippen molar-refractivity contribution in [2.24, 2.45) is 0 Å². The molecular formula is C18H20N2O. The van der Waals surface area contributed by atoms with Crippen LogP contribution >= 0.6 is 0 Å². The lowest BCUT2D eigenvalue weighted by Gasteiger charge is -2.25. The second-order valence-electron chi connectivity index (χ2n) is 5.68. The molecule has 1 aromatic heterocycles. The number of nitrogens with zero attached hydrogens (tertiary/aromatic N) is 1. The maximum atomic E-state index is 11.9. The molecule has 1 fully saturated rings. The third-order valence-corrected chi connectivity index (χ3v) is 4.13. The third kappa shape index (κ3) is 3.69. The number of hydrogen-bond acceptors (Lipinski definition) is 2. The number of aromatic nitrogens is 1. The number of carbonyl (C=O) groups is 1. The summed E-state index contributed by atoms with van der Waals surface area (Å²) < 4.78 is 0. The summed E-state index contributed by atoms with van der Waals surface area (Å²) in [4.78, 5) is 15.9. The lowest BCUT2D eigenvalue weighted by Crippen LogP contribution is -2.24. The van der Waals surface area contributed by atoms with Crippen molar-refractivity contribution in [3.05, 3.63) is 65.5 Å². The predicted octanol–water partition coefficient (Wildman–Crippen LogP) is 3.21. The first-order valence-electron chi connectivity index (χ1n) is 7.56. The van der Waals surface area contributed by atoms with Crippen LogP contribution in [0.5, 0.6) is 0 Å². The van der Waals surface area contributed by atoms with Gasteiger partial charge in [-0.2, -0.15) is 0 Å². The molecular weight excluding hydrogens is 260 g/mol. The van der Waals surface area contributed by atoms with Crippen LogP contribution in [0, 0.1) is 0 Å². The molecule has 1 aliphatic carbocycles. The summed E-state index contributed by atoms with van der Waals surface area (Å²) in [6.45, 7) is 0.587. The Morgan fingerprint density at radius 2 is 1.95 bits per heavy atom. The van der Waals surface area contributed by atoms with Gasteiger partial charge in [0.25, 0.3) is 0 Å². The molecule has 0 atom stereocenters. The van der Waals surface area contributed by atoms with E-state index in [1.165, 1.54) is 24.8 Å². The molecule has 1 aromatic carbocycles. The Bertz CT molecular complexity index is 588. The highest BCUT2D eigenvalue weighted by molar-refractivity contribution is 5.78. The Balaban J connectivity index is 1.49. The van der Waals surface area contributed by atoms with Crippen molar-refractivity contribution in [2.45, 2.75) is 38.1 Å².